The van der Waals surface area contributed by atoms with Gasteiger partial charge in [0.1, 0.15) is 0 Å². The fourth-order valence-corrected chi connectivity index (χ4v) is 3.36. The molecule has 1 saturated heterocycles. The molecule has 2 aromatic heterocycles. The molecule has 0 unspecified atom stereocenters. The smallest absolute Gasteiger partial charge is 0.0457 e. The van der Waals surface area contributed by atoms with Crippen LogP contribution in [0.1, 0.15) is 11.1 Å². The largest absolute Gasteiger partial charge is 0.361 e. The molecule has 118 valence electrons. The molecule has 4 heteroatoms. The molecule has 0 spiro atoms. The number of benzene rings is 1. The van der Waals surface area contributed by atoms with Gasteiger partial charge in [0, 0.05) is 68.8 Å². The summed E-state index contributed by atoms with van der Waals surface area (Å²) in [5.41, 5.74) is 3.94. The summed E-state index contributed by atoms with van der Waals surface area (Å²) in [5.74, 6) is 0. The van der Waals surface area contributed by atoms with Gasteiger partial charge in [-0.3, -0.25) is 14.8 Å². The number of aromatic nitrogens is 2. The number of pyridine rings is 1. The number of aromatic amines is 1. The minimum atomic E-state index is 1.01. The van der Waals surface area contributed by atoms with E-state index in [1.54, 1.807) is 0 Å². The molecule has 3 heterocycles. The first-order valence-corrected chi connectivity index (χ1v) is 8.27. The van der Waals surface area contributed by atoms with Crippen molar-refractivity contribution in [3.8, 4) is 0 Å². The van der Waals surface area contributed by atoms with Crippen molar-refractivity contribution in [2.45, 2.75) is 13.1 Å². The van der Waals surface area contributed by atoms with Gasteiger partial charge in [0.05, 0.1) is 0 Å². The number of H-pyrrole nitrogens is 1. The maximum atomic E-state index is 4.20. The lowest BCUT2D eigenvalue weighted by atomic mass is 10.1. The minimum Gasteiger partial charge on any atom is -0.361 e. The van der Waals surface area contributed by atoms with Crippen LogP contribution in [0.25, 0.3) is 10.9 Å². The van der Waals surface area contributed by atoms with Gasteiger partial charge in [0.25, 0.3) is 0 Å². The van der Waals surface area contributed by atoms with E-state index in [2.05, 4.69) is 56.3 Å². The van der Waals surface area contributed by atoms with E-state index < -0.39 is 0 Å². The van der Waals surface area contributed by atoms with E-state index in [0.717, 1.165) is 39.3 Å². The first-order valence-electron chi connectivity index (χ1n) is 8.27. The Morgan fingerprint density at radius 1 is 0.913 bits per heavy atom. The maximum Gasteiger partial charge on any atom is 0.0457 e. The minimum absolute atomic E-state index is 1.01. The second-order valence-corrected chi connectivity index (χ2v) is 6.27. The summed E-state index contributed by atoms with van der Waals surface area (Å²) >= 11 is 0. The molecule has 0 aliphatic carbocycles. The fraction of sp³-hybridized carbons (Fsp3) is 0.316. The summed E-state index contributed by atoms with van der Waals surface area (Å²) < 4.78 is 0. The van der Waals surface area contributed by atoms with Crippen LogP contribution in [-0.4, -0.2) is 45.9 Å². The van der Waals surface area contributed by atoms with Gasteiger partial charge in [-0.2, -0.15) is 0 Å². The number of nitrogens with one attached hydrogen (secondary N) is 1. The molecule has 1 fully saturated rings. The van der Waals surface area contributed by atoms with Gasteiger partial charge in [-0.15, -0.1) is 0 Å². The normalized spacial score (nSPS) is 16.9. The fourth-order valence-electron chi connectivity index (χ4n) is 3.36. The first kappa shape index (κ1) is 14.4. The summed E-state index contributed by atoms with van der Waals surface area (Å²) in [6.45, 7) is 6.54. The topological polar surface area (TPSA) is 35.2 Å². The summed E-state index contributed by atoms with van der Waals surface area (Å²) in [4.78, 5) is 12.6. The third-order valence-corrected chi connectivity index (χ3v) is 4.66. The van der Waals surface area contributed by atoms with E-state index in [9.17, 15) is 0 Å². The molecule has 3 aromatic rings. The van der Waals surface area contributed by atoms with Gasteiger partial charge in [0.15, 0.2) is 0 Å². The molecule has 1 aromatic carbocycles. The molecule has 1 aliphatic heterocycles. The number of para-hydroxylation sites is 1. The molecule has 0 atom stereocenters. The highest BCUT2D eigenvalue weighted by molar-refractivity contribution is 5.82. The Morgan fingerprint density at radius 2 is 1.70 bits per heavy atom. The van der Waals surface area contributed by atoms with E-state index >= 15 is 0 Å². The van der Waals surface area contributed by atoms with Crippen molar-refractivity contribution in [2.75, 3.05) is 26.2 Å². The third-order valence-electron chi connectivity index (χ3n) is 4.66. The summed E-state index contributed by atoms with van der Waals surface area (Å²) in [5, 5.41) is 1.35. The molecule has 23 heavy (non-hydrogen) atoms. The zero-order chi connectivity index (χ0) is 15.5. The lowest BCUT2D eigenvalue weighted by molar-refractivity contribution is 0.122. The molecule has 1 N–H and O–H groups in total. The van der Waals surface area contributed by atoms with Crippen molar-refractivity contribution in [3.63, 3.8) is 0 Å². The predicted molar refractivity (Wildman–Crippen MR) is 93.1 cm³/mol. The Labute approximate surface area is 136 Å². The first-order chi connectivity index (χ1) is 11.4. The van der Waals surface area contributed by atoms with E-state index in [1.807, 2.05) is 18.5 Å². The Balaban J connectivity index is 1.35. The van der Waals surface area contributed by atoms with E-state index in [0.29, 0.717) is 0 Å². The average Bonchev–Trinajstić information content (AvgIpc) is 3.01. The standard InChI is InChI=1S/C19H22N4/c1-2-6-19-18(5-1)17(13-21-19)15-23-10-8-22(9-11-23)14-16-4-3-7-20-12-16/h1-7,12-13,21H,8-11,14-15H2. The zero-order valence-electron chi connectivity index (χ0n) is 13.3. The number of nitrogens with zero attached hydrogens (tertiary/aromatic N) is 3. The summed E-state index contributed by atoms with van der Waals surface area (Å²) in [6.07, 6.45) is 5.97. The van der Waals surface area contributed by atoms with Crippen molar-refractivity contribution >= 4 is 10.9 Å². The number of hydrogen-bond donors (Lipinski definition) is 1. The lowest BCUT2D eigenvalue weighted by Gasteiger charge is -2.34. The van der Waals surface area contributed by atoms with Crippen molar-refractivity contribution in [2.24, 2.45) is 0 Å². The number of piperazine rings is 1. The Morgan fingerprint density at radius 3 is 2.48 bits per heavy atom. The number of fused-ring (bicyclic) bond motifs is 1. The second-order valence-electron chi connectivity index (χ2n) is 6.27. The highest BCUT2D eigenvalue weighted by Gasteiger charge is 2.18. The highest BCUT2D eigenvalue weighted by Crippen LogP contribution is 2.20. The van der Waals surface area contributed by atoms with Crippen LogP contribution in [0.3, 0.4) is 0 Å². The molecular formula is C19H22N4. The SMILES string of the molecule is c1cncc(CN2CCN(Cc3c[nH]c4ccccc34)CC2)c1. The monoisotopic (exact) mass is 306 g/mol. The molecular weight excluding hydrogens is 284 g/mol. The Hall–Kier alpha value is -2.17. The van der Waals surface area contributed by atoms with Crippen molar-refractivity contribution in [1.29, 1.82) is 0 Å². The van der Waals surface area contributed by atoms with Crippen molar-refractivity contribution in [3.05, 3.63) is 66.1 Å². The quantitative estimate of drug-likeness (QED) is 0.805. The van der Waals surface area contributed by atoms with E-state index in [4.69, 9.17) is 0 Å². The highest BCUT2D eigenvalue weighted by atomic mass is 15.3. The van der Waals surface area contributed by atoms with Gasteiger partial charge >= 0.3 is 0 Å². The molecule has 0 bridgehead atoms. The van der Waals surface area contributed by atoms with Gasteiger partial charge in [-0.25, -0.2) is 0 Å². The van der Waals surface area contributed by atoms with Gasteiger partial charge in [0.2, 0.25) is 0 Å². The molecule has 0 saturated carbocycles. The summed E-state index contributed by atoms with van der Waals surface area (Å²) in [7, 11) is 0. The van der Waals surface area contributed by atoms with Crippen molar-refractivity contribution in [1.82, 2.24) is 19.8 Å². The molecule has 1 aliphatic rings. The Kier molecular flexibility index (Phi) is 4.09. The molecule has 4 rings (SSSR count). The molecule has 0 amide bonds. The third kappa shape index (κ3) is 3.28. The number of rotatable bonds is 4. The van der Waals surface area contributed by atoms with Crippen LogP contribution in [-0.2, 0) is 13.1 Å². The van der Waals surface area contributed by atoms with E-state index in [-0.39, 0.29) is 0 Å². The van der Waals surface area contributed by atoms with Gasteiger partial charge in [-0.1, -0.05) is 24.3 Å². The van der Waals surface area contributed by atoms with Gasteiger partial charge in [-0.05, 0) is 23.3 Å². The van der Waals surface area contributed by atoms with Crippen LogP contribution >= 0.6 is 0 Å². The van der Waals surface area contributed by atoms with E-state index in [1.165, 1.54) is 22.0 Å². The maximum absolute atomic E-state index is 4.20. The van der Waals surface area contributed by atoms with Gasteiger partial charge < -0.3 is 4.98 Å². The second kappa shape index (κ2) is 6.52. The molecule has 0 radical (unpaired) electrons. The predicted octanol–water partition coefficient (Wildman–Crippen LogP) is 2.88. The Bertz CT molecular complexity index is 757. The van der Waals surface area contributed by atoms with Crippen LogP contribution in [0.15, 0.2) is 55.0 Å². The van der Waals surface area contributed by atoms with Crippen LogP contribution in [0.4, 0.5) is 0 Å². The van der Waals surface area contributed by atoms with Crippen LogP contribution in [0.5, 0.6) is 0 Å². The van der Waals surface area contributed by atoms with Crippen LogP contribution in [0.2, 0.25) is 0 Å². The number of hydrogen-bond acceptors (Lipinski definition) is 3. The van der Waals surface area contributed by atoms with Crippen LogP contribution in [0, 0.1) is 0 Å². The average molecular weight is 306 g/mol. The lowest BCUT2D eigenvalue weighted by Crippen LogP contribution is -2.45. The zero-order valence-corrected chi connectivity index (χ0v) is 13.3. The van der Waals surface area contributed by atoms with Crippen molar-refractivity contribution < 1.29 is 0 Å². The van der Waals surface area contributed by atoms with Crippen LogP contribution < -0.4 is 0 Å². The summed E-state index contributed by atoms with van der Waals surface area (Å²) in [6, 6.07) is 12.7. The molecule has 4 nitrogen and oxygen atoms in total.